The summed E-state index contributed by atoms with van der Waals surface area (Å²) in [7, 11) is 0. The molecule has 1 heterocycles. The molecule has 1 atom stereocenters. The van der Waals surface area contributed by atoms with Gasteiger partial charge in [0.25, 0.3) is 18.2 Å². The van der Waals surface area contributed by atoms with Crippen molar-refractivity contribution < 1.29 is 27.9 Å². The fourth-order valence-electron chi connectivity index (χ4n) is 2.94. The number of halogens is 2. The molecule has 10 heteroatoms. The van der Waals surface area contributed by atoms with Crippen LogP contribution in [0.25, 0.3) is 0 Å². The first kappa shape index (κ1) is 20.2. The van der Waals surface area contributed by atoms with Crippen LogP contribution in [0.3, 0.4) is 0 Å². The molecule has 152 valence electrons. The lowest BCUT2D eigenvalue weighted by atomic mass is 10.1. The third-order valence-electron chi connectivity index (χ3n) is 4.68. The van der Waals surface area contributed by atoms with Gasteiger partial charge in [0.15, 0.2) is 6.04 Å². The van der Waals surface area contributed by atoms with Gasteiger partial charge in [-0.15, -0.1) is 0 Å². The summed E-state index contributed by atoms with van der Waals surface area (Å²) in [5, 5.41) is 5.13. The number of carbonyl (C=O) groups is 3. The van der Waals surface area contributed by atoms with Gasteiger partial charge in [0.1, 0.15) is 6.61 Å². The monoisotopic (exact) mass is 396 g/mol. The molecule has 0 radical (unpaired) electrons. The number of amides is 3. The fraction of sp³-hybridized carbons (Fsp3) is 0.500. The van der Waals surface area contributed by atoms with Crippen LogP contribution in [-0.4, -0.2) is 50.1 Å². The molecule has 2 fully saturated rings. The van der Waals surface area contributed by atoms with E-state index < -0.39 is 29.8 Å². The molecule has 1 saturated heterocycles. The molecule has 0 aromatic heterocycles. The predicted molar refractivity (Wildman–Crippen MR) is 96.9 cm³/mol. The molecule has 3 amide bonds. The number of benzene rings is 1. The van der Waals surface area contributed by atoms with E-state index in [0.29, 0.717) is 24.8 Å². The third-order valence-corrected chi connectivity index (χ3v) is 4.68. The second-order valence-corrected chi connectivity index (χ2v) is 6.85. The highest BCUT2D eigenvalue weighted by molar-refractivity contribution is 6.10. The Labute approximate surface area is 160 Å². The minimum absolute atomic E-state index is 0.116. The number of carbonyl (C=O) groups excluding carboxylic acids is 3. The van der Waals surface area contributed by atoms with Crippen molar-refractivity contribution in [2.45, 2.75) is 25.3 Å². The number of rotatable bonds is 8. The van der Waals surface area contributed by atoms with Crippen LogP contribution in [0.15, 0.2) is 18.2 Å². The van der Waals surface area contributed by atoms with Gasteiger partial charge in [-0.1, -0.05) is 0 Å². The number of ether oxygens (including phenoxy) is 1. The molecule has 1 aliphatic heterocycles. The topological polar surface area (TPSA) is 114 Å². The maximum atomic E-state index is 13.6. The van der Waals surface area contributed by atoms with Crippen LogP contribution in [0.4, 0.5) is 20.2 Å². The zero-order valence-corrected chi connectivity index (χ0v) is 15.1. The number of nitrogens with two attached hydrogens (primary N) is 1. The van der Waals surface area contributed by atoms with Crippen molar-refractivity contribution in [2.75, 3.05) is 36.5 Å². The largest absolute Gasteiger partial charge is 0.370 e. The zero-order valence-electron chi connectivity index (χ0n) is 15.1. The van der Waals surface area contributed by atoms with Crippen LogP contribution in [0.2, 0.25) is 0 Å². The Morgan fingerprint density at radius 3 is 2.68 bits per heavy atom. The van der Waals surface area contributed by atoms with E-state index >= 15 is 0 Å². The fourth-order valence-corrected chi connectivity index (χ4v) is 2.94. The van der Waals surface area contributed by atoms with Gasteiger partial charge in [-0.25, -0.2) is 8.78 Å². The lowest BCUT2D eigenvalue weighted by Gasteiger charge is -2.27. The van der Waals surface area contributed by atoms with E-state index in [1.165, 1.54) is 17.0 Å². The molecule has 8 nitrogen and oxygen atoms in total. The molecule has 1 aromatic rings. The van der Waals surface area contributed by atoms with Gasteiger partial charge in [0.2, 0.25) is 5.91 Å². The second-order valence-electron chi connectivity index (χ2n) is 6.85. The molecule has 0 unspecified atom stereocenters. The highest BCUT2D eigenvalue weighted by Crippen LogP contribution is 2.32. The van der Waals surface area contributed by atoms with Gasteiger partial charge in [0, 0.05) is 23.5 Å². The standard InChI is InChI=1S/C18H22F2N4O4/c19-16(20)12-7-11(24-5-6-28-9-14(24)25)3-4-13(12)23-18(27)15(17(21)26)22-8-10-1-2-10/h3-4,7,10,15-16,22H,1-2,5-6,8-9H2,(H2,21,26)(H,23,27)/t15-/m1/s1. The number of nitrogens with zero attached hydrogens (tertiary/aromatic N) is 1. The van der Waals surface area contributed by atoms with E-state index in [2.05, 4.69) is 10.6 Å². The van der Waals surface area contributed by atoms with Crippen molar-refractivity contribution >= 4 is 29.1 Å². The Balaban J connectivity index is 1.77. The lowest BCUT2D eigenvalue weighted by molar-refractivity contribution is -0.128. The summed E-state index contributed by atoms with van der Waals surface area (Å²) < 4.78 is 32.1. The molecule has 0 spiro atoms. The molecular weight excluding hydrogens is 374 g/mol. The second kappa shape index (κ2) is 8.61. The van der Waals surface area contributed by atoms with Crippen molar-refractivity contribution in [2.24, 2.45) is 11.7 Å². The number of hydrogen-bond donors (Lipinski definition) is 3. The summed E-state index contributed by atoms with van der Waals surface area (Å²) >= 11 is 0. The quantitative estimate of drug-likeness (QED) is 0.562. The van der Waals surface area contributed by atoms with Crippen LogP contribution in [-0.2, 0) is 19.1 Å². The number of hydrogen-bond acceptors (Lipinski definition) is 5. The Morgan fingerprint density at radius 1 is 1.32 bits per heavy atom. The molecule has 2 aliphatic rings. The van der Waals surface area contributed by atoms with Gasteiger partial charge in [-0.3, -0.25) is 19.7 Å². The number of anilines is 2. The minimum Gasteiger partial charge on any atom is -0.370 e. The summed E-state index contributed by atoms with van der Waals surface area (Å²) in [5.74, 6) is -1.62. The van der Waals surface area contributed by atoms with Crippen LogP contribution in [0, 0.1) is 5.92 Å². The van der Waals surface area contributed by atoms with Crippen LogP contribution in [0.5, 0.6) is 0 Å². The maximum absolute atomic E-state index is 13.6. The van der Waals surface area contributed by atoms with Crippen molar-refractivity contribution in [3.63, 3.8) is 0 Å². The SMILES string of the molecule is NC(=O)[C@@H](NCC1CC1)C(=O)Nc1ccc(N2CCOCC2=O)cc1C(F)F. The first-order valence-corrected chi connectivity index (χ1v) is 9.00. The molecule has 4 N–H and O–H groups in total. The van der Waals surface area contributed by atoms with E-state index in [1.54, 1.807) is 0 Å². The molecule has 28 heavy (non-hydrogen) atoms. The van der Waals surface area contributed by atoms with E-state index in [1.807, 2.05) is 0 Å². The van der Waals surface area contributed by atoms with Crippen molar-refractivity contribution in [1.82, 2.24) is 5.32 Å². The van der Waals surface area contributed by atoms with Gasteiger partial charge in [0.05, 0.1) is 6.61 Å². The maximum Gasteiger partial charge on any atom is 0.265 e. The van der Waals surface area contributed by atoms with E-state index in [4.69, 9.17) is 10.5 Å². The number of nitrogens with one attached hydrogen (secondary N) is 2. The molecule has 3 rings (SSSR count). The Hall–Kier alpha value is -2.59. The average Bonchev–Trinajstić information content (AvgIpc) is 3.46. The molecule has 1 aliphatic carbocycles. The van der Waals surface area contributed by atoms with E-state index in [-0.39, 0.29) is 24.7 Å². The molecule has 1 aromatic carbocycles. The summed E-state index contributed by atoms with van der Waals surface area (Å²) in [6.45, 7) is 0.902. The first-order chi connectivity index (χ1) is 13.4. The smallest absolute Gasteiger partial charge is 0.265 e. The number of primary amides is 1. The molecule has 0 bridgehead atoms. The van der Waals surface area contributed by atoms with Crippen LogP contribution < -0.4 is 21.3 Å². The van der Waals surface area contributed by atoms with Crippen molar-refractivity contribution in [1.29, 1.82) is 0 Å². The van der Waals surface area contributed by atoms with E-state index in [9.17, 15) is 23.2 Å². The van der Waals surface area contributed by atoms with E-state index in [0.717, 1.165) is 18.9 Å². The Bertz CT molecular complexity index is 770. The van der Waals surface area contributed by atoms with Crippen LogP contribution >= 0.6 is 0 Å². The highest BCUT2D eigenvalue weighted by atomic mass is 19.3. The highest BCUT2D eigenvalue weighted by Gasteiger charge is 2.29. The minimum atomic E-state index is -2.89. The van der Waals surface area contributed by atoms with Crippen LogP contribution in [0.1, 0.15) is 24.8 Å². The summed E-state index contributed by atoms with van der Waals surface area (Å²) in [6.07, 6.45) is -0.868. The number of alkyl halides is 2. The van der Waals surface area contributed by atoms with Gasteiger partial charge >= 0.3 is 0 Å². The lowest BCUT2D eigenvalue weighted by Crippen LogP contribution is -2.50. The normalized spacial score (nSPS) is 18.2. The predicted octanol–water partition coefficient (Wildman–Crippen LogP) is 0.779. The van der Waals surface area contributed by atoms with Crippen molar-refractivity contribution in [3.05, 3.63) is 23.8 Å². The summed E-state index contributed by atoms with van der Waals surface area (Å²) in [5.41, 5.74) is 4.97. The third kappa shape index (κ3) is 4.82. The van der Waals surface area contributed by atoms with Gasteiger partial charge in [-0.2, -0.15) is 0 Å². The average molecular weight is 396 g/mol. The number of morpholine rings is 1. The Kier molecular flexibility index (Phi) is 6.20. The molecule has 1 saturated carbocycles. The van der Waals surface area contributed by atoms with Gasteiger partial charge in [-0.05, 0) is 43.5 Å². The van der Waals surface area contributed by atoms with Crippen molar-refractivity contribution in [3.8, 4) is 0 Å². The Morgan fingerprint density at radius 2 is 2.07 bits per heavy atom. The summed E-state index contributed by atoms with van der Waals surface area (Å²) in [4.78, 5) is 37.2. The first-order valence-electron chi connectivity index (χ1n) is 9.00. The molecular formula is C18H22F2N4O4. The van der Waals surface area contributed by atoms with Gasteiger partial charge < -0.3 is 20.7 Å². The zero-order chi connectivity index (χ0) is 20.3. The summed E-state index contributed by atoms with van der Waals surface area (Å²) in [6, 6.07) is 2.59.